The molecule has 3 aromatic rings. The first-order chi connectivity index (χ1) is 9.92. The highest BCUT2D eigenvalue weighted by Gasteiger charge is 2.20. The van der Waals surface area contributed by atoms with Gasteiger partial charge in [-0.1, -0.05) is 30.3 Å². The Morgan fingerprint density at radius 2 is 2.05 bits per heavy atom. The van der Waals surface area contributed by atoms with Crippen molar-refractivity contribution in [3.05, 3.63) is 66.0 Å². The van der Waals surface area contributed by atoms with Crippen LogP contribution in [-0.4, -0.2) is 9.38 Å². The summed E-state index contributed by atoms with van der Waals surface area (Å²) in [5, 5.41) is 3.69. The molecule has 3 heteroatoms. The van der Waals surface area contributed by atoms with E-state index in [2.05, 4.69) is 51.1 Å². The zero-order chi connectivity index (χ0) is 13.4. The average Bonchev–Trinajstić information content (AvgIpc) is 2.97. The monoisotopic (exact) mass is 263 g/mol. The molecule has 0 bridgehead atoms. The summed E-state index contributed by atoms with van der Waals surface area (Å²) in [6, 6.07) is 15.4. The van der Waals surface area contributed by atoms with Gasteiger partial charge < -0.3 is 5.32 Å². The normalized spacial score (nSPS) is 17.9. The maximum Gasteiger partial charge on any atom is 0.138 e. The van der Waals surface area contributed by atoms with E-state index in [1.165, 1.54) is 30.4 Å². The van der Waals surface area contributed by atoms with Gasteiger partial charge in [0.05, 0.1) is 6.04 Å². The molecule has 0 radical (unpaired) electrons. The third-order valence-electron chi connectivity index (χ3n) is 4.12. The van der Waals surface area contributed by atoms with Crippen LogP contribution in [0.3, 0.4) is 0 Å². The zero-order valence-electron chi connectivity index (χ0n) is 11.3. The predicted molar refractivity (Wildman–Crippen MR) is 80.9 cm³/mol. The number of imidazole rings is 1. The van der Waals surface area contributed by atoms with Gasteiger partial charge in [0.25, 0.3) is 0 Å². The van der Waals surface area contributed by atoms with Crippen molar-refractivity contribution in [1.29, 1.82) is 0 Å². The Bertz CT molecular complexity index is 745. The van der Waals surface area contributed by atoms with Gasteiger partial charge in [-0.2, -0.15) is 0 Å². The zero-order valence-corrected chi connectivity index (χ0v) is 11.3. The summed E-state index contributed by atoms with van der Waals surface area (Å²) >= 11 is 0. The Hall–Kier alpha value is -2.29. The van der Waals surface area contributed by atoms with Crippen LogP contribution in [0.25, 0.3) is 5.65 Å². The minimum atomic E-state index is 0.396. The Morgan fingerprint density at radius 1 is 1.10 bits per heavy atom. The summed E-state index contributed by atoms with van der Waals surface area (Å²) in [6.07, 6.45) is 7.47. The highest BCUT2D eigenvalue weighted by molar-refractivity contribution is 5.51. The summed E-state index contributed by atoms with van der Waals surface area (Å²) in [4.78, 5) is 4.34. The van der Waals surface area contributed by atoms with Gasteiger partial charge in [-0.25, -0.2) is 4.98 Å². The van der Waals surface area contributed by atoms with Gasteiger partial charge >= 0.3 is 0 Å². The number of nitrogens with zero attached hydrogens (tertiary/aromatic N) is 2. The van der Waals surface area contributed by atoms with Crippen LogP contribution in [0.2, 0.25) is 0 Å². The lowest BCUT2D eigenvalue weighted by molar-refractivity contribution is 0.598. The van der Waals surface area contributed by atoms with Crippen molar-refractivity contribution in [2.45, 2.75) is 25.3 Å². The number of rotatable bonds is 2. The molecule has 20 heavy (non-hydrogen) atoms. The van der Waals surface area contributed by atoms with Crippen LogP contribution in [0.1, 0.15) is 30.0 Å². The second-order valence-electron chi connectivity index (χ2n) is 5.35. The van der Waals surface area contributed by atoms with E-state index < -0.39 is 0 Å². The van der Waals surface area contributed by atoms with Crippen molar-refractivity contribution in [2.75, 3.05) is 5.32 Å². The van der Waals surface area contributed by atoms with Crippen LogP contribution in [0.4, 0.5) is 5.82 Å². The topological polar surface area (TPSA) is 29.3 Å². The number of pyridine rings is 1. The lowest BCUT2D eigenvalue weighted by Gasteiger charge is -2.27. The van der Waals surface area contributed by atoms with Crippen LogP contribution in [0.15, 0.2) is 54.9 Å². The average molecular weight is 263 g/mol. The molecule has 2 aromatic heterocycles. The number of anilines is 1. The number of aryl methyl sites for hydroxylation is 1. The molecular weight excluding hydrogens is 246 g/mol. The van der Waals surface area contributed by atoms with Crippen LogP contribution in [-0.2, 0) is 6.42 Å². The molecule has 1 unspecified atom stereocenters. The molecule has 100 valence electrons. The highest BCUT2D eigenvalue weighted by atomic mass is 15.1. The van der Waals surface area contributed by atoms with Gasteiger partial charge in [0.1, 0.15) is 11.5 Å². The summed E-state index contributed by atoms with van der Waals surface area (Å²) in [7, 11) is 0. The standard InChI is InChI=1S/C17H17N3/c1-2-7-14-13(5-1)6-3-8-15(14)19-17-10-4-9-16-18-11-12-20(16)17/h1-2,4-5,7,9-12,15,19H,3,6,8H2. The van der Waals surface area contributed by atoms with E-state index in [0.717, 1.165) is 11.5 Å². The number of benzene rings is 1. The van der Waals surface area contributed by atoms with E-state index in [4.69, 9.17) is 0 Å². The third-order valence-corrected chi connectivity index (χ3v) is 4.12. The minimum Gasteiger partial charge on any atom is -0.364 e. The maximum atomic E-state index is 4.34. The fraction of sp³-hybridized carbons (Fsp3) is 0.235. The van der Waals surface area contributed by atoms with Gasteiger partial charge in [0, 0.05) is 12.4 Å². The maximum absolute atomic E-state index is 4.34. The molecule has 1 aliphatic rings. The third kappa shape index (κ3) is 1.86. The van der Waals surface area contributed by atoms with E-state index in [9.17, 15) is 0 Å². The minimum absolute atomic E-state index is 0.396. The van der Waals surface area contributed by atoms with Crippen molar-refractivity contribution in [1.82, 2.24) is 9.38 Å². The summed E-state index contributed by atoms with van der Waals surface area (Å²) in [5.74, 6) is 1.11. The van der Waals surface area contributed by atoms with Crippen molar-refractivity contribution < 1.29 is 0 Å². The predicted octanol–water partition coefficient (Wildman–Crippen LogP) is 3.82. The molecule has 3 nitrogen and oxygen atoms in total. The van der Waals surface area contributed by atoms with E-state index in [1.54, 1.807) is 0 Å². The van der Waals surface area contributed by atoms with Crippen molar-refractivity contribution >= 4 is 11.5 Å². The second kappa shape index (κ2) is 4.67. The van der Waals surface area contributed by atoms with Crippen molar-refractivity contribution in [2.24, 2.45) is 0 Å². The number of aromatic nitrogens is 2. The fourth-order valence-electron chi connectivity index (χ4n) is 3.15. The molecule has 0 aliphatic heterocycles. The number of hydrogen-bond donors (Lipinski definition) is 1. The molecule has 0 saturated heterocycles. The van der Waals surface area contributed by atoms with Gasteiger partial charge in [0.2, 0.25) is 0 Å². The Balaban J connectivity index is 1.72. The number of nitrogens with one attached hydrogen (secondary N) is 1. The van der Waals surface area contributed by atoms with Crippen molar-refractivity contribution in [3.8, 4) is 0 Å². The molecule has 1 aliphatic carbocycles. The van der Waals surface area contributed by atoms with Crippen LogP contribution in [0.5, 0.6) is 0 Å². The fourth-order valence-corrected chi connectivity index (χ4v) is 3.15. The Labute approximate surface area is 118 Å². The highest BCUT2D eigenvalue weighted by Crippen LogP contribution is 2.32. The second-order valence-corrected chi connectivity index (χ2v) is 5.35. The Morgan fingerprint density at radius 3 is 3.05 bits per heavy atom. The Kier molecular flexibility index (Phi) is 2.69. The van der Waals surface area contributed by atoms with E-state index >= 15 is 0 Å². The van der Waals surface area contributed by atoms with E-state index in [1.807, 2.05) is 18.5 Å². The van der Waals surface area contributed by atoms with Gasteiger partial charge in [-0.05, 0) is 42.5 Å². The smallest absolute Gasteiger partial charge is 0.138 e. The molecule has 0 saturated carbocycles. The molecule has 4 rings (SSSR count). The molecule has 1 atom stereocenters. The summed E-state index contributed by atoms with van der Waals surface area (Å²) in [5.41, 5.74) is 3.91. The number of fused-ring (bicyclic) bond motifs is 2. The molecule has 0 amide bonds. The van der Waals surface area contributed by atoms with Gasteiger partial charge in [-0.3, -0.25) is 4.40 Å². The first kappa shape index (κ1) is 11.5. The molecule has 0 spiro atoms. The van der Waals surface area contributed by atoms with E-state index in [-0.39, 0.29) is 0 Å². The molecule has 2 heterocycles. The summed E-state index contributed by atoms with van der Waals surface area (Å²) < 4.78 is 2.11. The molecule has 0 fully saturated rings. The van der Waals surface area contributed by atoms with Crippen LogP contribution >= 0.6 is 0 Å². The van der Waals surface area contributed by atoms with Crippen LogP contribution < -0.4 is 5.32 Å². The summed E-state index contributed by atoms with van der Waals surface area (Å²) in [6.45, 7) is 0. The first-order valence-electron chi connectivity index (χ1n) is 7.18. The number of hydrogen-bond acceptors (Lipinski definition) is 2. The van der Waals surface area contributed by atoms with E-state index in [0.29, 0.717) is 6.04 Å². The first-order valence-corrected chi connectivity index (χ1v) is 7.18. The molecule has 1 aromatic carbocycles. The lowest BCUT2D eigenvalue weighted by atomic mass is 9.88. The van der Waals surface area contributed by atoms with Crippen molar-refractivity contribution in [3.63, 3.8) is 0 Å². The molecule has 1 N–H and O–H groups in total. The quantitative estimate of drug-likeness (QED) is 0.761. The lowest BCUT2D eigenvalue weighted by Crippen LogP contribution is -2.18. The SMILES string of the molecule is c1ccc2c(c1)CCCC2Nc1cccc2nccn12. The molecular formula is C17H17N3. The van der Waals surface area contributed by atoms with Gasteiger partial charge in [-0.15, -0.1) is 0 Å². The van der Waals surface area contributed by atoms with Crippen LogP contribution in [0, 0.1) is 0 Å². The van der Waals surface area contributed by atoms with Gasteiger partial charge in [0.15, 0.2) is 0 Å². The largest absolute Gasteiger partial charge is 0.364 e.